The van der Waals surface area contributed by atoms with Crippen LogP contribution in [0.2, 0.25) is 0 Å². The number of carbonyl (C=O) groups excluding carboxylic acids is 1. The molecule has 0 saturated heterocycles. The number of hydrogen-bond donors (Lipinski definition) is 0. The van der Waals surface area contributed by atoms with Crippen LogP contribution in [0.1, 0.15) is 19.8 Å². The molecule has 3 rings (SSSR count). The molecular formula is C23H28FN3O2S2. The van der Waals surface area contributed by atoms with Crippen molar-refractivity contribution in [3.8, 4) is 5.75 Å². The van der Waals surface area contributed by atoms with Gasteiger partial charge in [-0.1, -0.05) is 11.3 Å². The number of ether oxygens (including phenoxy) is 1. The van der Waals surface area contributed by atoms with E-state index in [9.17, 15) is 9.18 Å². The van der Waals surface area contributed by atoms with Gasteiger partial charge in [0.1, 0.15) is 11.6 Å². The van der Waals surface area contributed by atoms with E-state index < -0.39 is 0 Å². The van der Waals surface area contributed by atoms with E-state index in [1.165, 1.54) is 23.5 Å². The van der Waals surface area contributed by atoms with Gasteiger partial charge >= 0.3 is 0 Å². The van der Waals surface area contributed by atoms with Crippen molar-refractivity contribution >= 4 is 44.4 Å². The van der Waals surface area contributed by atoms with Gasteiger partial charge in [0.2, 0.25) is 5.91 Å². The van der Waals surface area contributed by atoms with Crippen molar-refractivity contribution in [2.45, 2.75) is 24.7 Å². The molecule has 0 atom stereocenters. The van der Waals surface area contributed by atoms with Crippen LogP contribution in [0.4, 0.5) is 9.52 Å². The molecular weight excluding hydrogens is 433 g/mol. The number of anilines is 1. The minimum Gasteiger partial charge on any atom is -0.494 e. The van der Waals surface area contributed by atoms with Gasteiger partial charge in [-0.05, 0) is 75.7 Å². The van der Waals surface area contributed by atoms with Gasteiger partial charge in [0.05, 0.1) is 16.8 Å². The Morgan fingerprint density at radius 2 is 1.94 bits per heavy atom. The van der Waals surface area contributed by atoms with Gasteiger partial charge < -0.3 is 9.64 Å². The Kier molecular flexibility index (Phi) is 8.69. The van der Waals surface area contributed by atoms with Crippen molar-refractivity contribution < 1.29 is 13.9 Å². The van der Waals surface area contributed by atoms with E-state index in [1.54, 1.807) is 28.8 Å². The number of hydrogen-bond acceptors (Lipinski definition) is 6. The van der Waals surface area contributed by atoms with Crippen LogP contribution in [-0.2, 0) is 4.79 Å². The molecule has 1 heterocycles. The first-order chi connectivity index (χ1) is 15.0. The van der Waals surface area contributed by atoms with E-state index in [-0.39, 0.29) is 11.7 Å². The molecule has 2 aromatic carbocycles. The topological polar surface area (TPSA) is 45.7 Å². The van der Waals surface area contributed by atoms with Crippen LogP contribution in [-0.4, -0.2) is 55.3 Å². The molecule has 0 fully saturated rings. The summed E-state index contributed by atoms with van der Waals surface area (Å²) in [5.74, 6) is 1.45. The maximum atomic E-state index is 13.0. The van der Waals surface area contributed by atoms with Crippen LogP contribution in [0.25, 0.3) is 10.2 Å². The molecule has 0 aliphatic heterocycles. The smallest absolute Gasteiger partial charge is 0.228 e. The van der Waals surface area contributed by atoms with Crippen molar-refractivity contribution in [3.05, 3.63) is 48.3 Å². The highest BCUT2D eigenvalue weighted by Crippen LogP contribution is 2.32. The Morgan fingerprint density at radius 3 is 2.65 bits per heavy atom. The first-order valence-electron chi connectivity index (χ1n) is 10.3. The second kappa shape index (κ2) is 11.5. The van der Waals surface area contributed by atoms with Crippen LogP contribution in [0.5, 0.6) is 5.75 Å². The summed E-state index contributed by atoms with van der Waals surface area (Å²) in [6, 6.07) is 12.3. The van der Waals surface area contributed by atoms with Crippen LogP contribution in [0.15, 0.2) is 47.4 Å². The van der Waals surface area contributed by atoms with Crippen LogP contribution in [0, 0.1) is 5.82 Å². The Bertz CT molecular complexity index is 992. The molecule has 0 unspecified atom stereocenters. The molecule has 5 nitrogen and oxygen atoms in total. The number of rotatable bonds is 11. The number of thiazole rings is 1. The number of fused-ring (bicyclic) bond motifs is 1. The average molecular weight is 462 g/mol. The van der Waals surface area contributed by atoms with Crippen molar-refractivity contribution in [2.24, 2.45) is 0 Å². The molecule has 0 spiro atoms. The Morgan fingerprint density at radius 1 is 1.16 bits per heavy atom. The molecule has 3 aromatic rings. The molecule has 1 aromatic heterocycles. The fraction of sp³-hybridized carbons (Fsp3) is 0.391. The van der Waals surface area contributed by atoms with Crippen molar-refractivity contribution in [1.82, 2.24) is 9.88 Å². The molecule has 8 heteroatoms. The average Bonchev–Trinajstić information content (AvgIpc) is 3.15. The summed E-state index contributed by atoms with van der Waals surface area (Å²) in [6.07, 6.45) is 1.19. The molecule has 0 aliphatic carbocycles. The molecule has 0 radical (unpaired) electrons. The van der Waals surface area contributed by atoms with Gasteiger partial charge in [0.25, 0.3) is 0 Å². The summed E-state index contributed by atoms with van der Waals surface area (Å²) in [5.41, 5.74) is 0.873. The number of aromatic nitrogens is 1. The number of amides is 1. The zero-order valence-corrected chi connectivity index (χ0v) is 19.8. The Balaban J connectivity index is 1.65. The third-order valence-corrected chi connectivity index (χ3v) is 6.72. The lowest BCUT2D eigenvalue weighted by Gasteiger charge is -2.22. The summed E-state index contributed by atoms with van der Waals surface area (Å²) in [6.45, 7) is 3.92. The number of benzene rings is 2. The highest BCUT2D eigenvalue weighted by molar-refractivity contribution is 7.99. The molecule has 1 amide bonds. The quantitative estimate of drug-likeness (QED) is 0.286. The largest absolute Gasteiger partial charge is 0.494 e. The zero-order valence-electron chi connectivity index (χ0n) is 18.1. The van der Waals surface area contributed by atoms with E-state index in [4.69, 9.17) is 9.72 Å². The molecule has 166 valence electrons. The number of thioether (sulfide) groups is 1. The second-order valence-corrected chi connectivity index (χ2v) is 9.49. The molecule has 31 heavy (non-hydrogen) atoms. The van der Waals surface area contributed by atoms with Gasteiger partial charge in [-0.25, -0.2) is 9.37 Å². The number of likely N-dealkylation sites (N-methyl/N-ethyl adjacent to an activating group) is 1. The normalized spacial score (nSPS) is 11.3. The Labute approximate surface area is 191 Å². The maximum absolute atomic E-state index is 13.0. The minimum absolute atomic E-state index is 0.0747. The SMILES string of the molecule is CCOc1ccc2nc(N(CCN(C)C)C(=O)CCCSc3ccc(F)cc3)sc2c1. The lowest BCUT2D eigenvalue weighted by Crippen LogP contribution is -2.36. The van der Waals surface area contributed by atoms with Gasteiger partial charge in [0.15, 0.2) is 5.13 Å². The number of nitrogens with zero attached hydrogens (tertiary/aromatic N) is 3. The first-order valence-corrected chi connectivity index (χ1v) is 12.1. The molecule has 0 aliphatic rings. The van der Waals surface area contributed by atoms with Gasteiger partial charge in [0, 0.05) is 24.4 Å². The summed E-state index contributed by atoms with van der Waals surface area (Å²) in [5, 5.41) is 0.724. The van der Waals surface area contributed by atoms with Gasteiger partial charge in [-0.15, -0.1) is 11.8 Å². The molecule has 0 saturated carbocycles. The Hall–Kier alpha value is -2.16. The molecule has 0 N–H and O–H groups in total. The number of halogens is 1. The predicted molar refractivity (Wildman–Crippen MR) is 128 cm³/mol. The summed E-state index contributed by atoms with van der Waals surface area (Å²) in [4.78, 5) is 22.6. The summed E-state index contributed by atoms with van der Waals surface area (Å²) in [7, 11) is 3.99. The van der Waals surface area contributed by atoms with Crippen molar-refractivity contribution in [2.75, 3.05) is 44.4 Å². The fourth-order valence-corrected chi connectivity index (χ4v) is 4.86. The minimum atomic E-state index is -0.236. The van der Waals surface area contributed by atoms with Gasteiger partial charge in [-0.3, -0.25) is 9.69 Å². The number of carbonyl (C=O) groups is 1. The van der Waals surface area contributed by atoms with Crippen LogP contribution < -0.4 is 9.64 Å². The summed E-state index contributed by atoms with van der Waals surface area (Å²) < 4.78 is 19.6. The summed E-state index contributed by atoms with van der Waals surface area (Å²) >= 11 is 3.15. The zero-order chi connectivity index (χ0) is 22.2. The lowest BCUT2D eigenvalue weighted by molar-refractivity contribution is -0.118. The highest BCUT2D eigenvalue weighted by Gasteiger charge is 2.20. The van der Waals surface area contributed by atoms with E-state index in [0.717, 1.165) is 44.7 Å². The lowest BCUT2D eigenvalue weighted by atomic mass is 10.3. The van der Waals surface area contributed by atoms with Crippen molar-refractivity contribution in [1.29, 1.82) is 0 Å². The second-order valence-electron chi connectivity index (χ2n) is 7.31. The fourth-order valence-electron chi connectivity index (χ4n) is 2.97. The highest BCUT2D eigenvalue weighted by atomic mass is 32.2. The standard InChI is InChI=1S/C23H28FN3O2S2/c1-4-29-18-9-12-20-21(16-18)31-23(25-20)27(14-13-26(2)3)22(28)6-5-15-30-19-10-7-17(24)8-11-19/h7-12,16H,4-6,13-15H2,1-3H3. The van der Waals surface area contributed by atoms with E-state index >= 15 is 0 Å². The van der Waals surface area contributed by atoms with Crippen LogP contribution in [0.3, 0.4) is 0 Å². The monoisotopic (exact) mass is 461 g/mol. The van der Waals surface area contributed by atoms with Crippen LogP contribution >= 0.6 is 23.1 Å². The first kappa shape index (κ1) is 23.5. The van der Waals surface area contributed by atoms with E-state index in [2.05, 4.69) is 4.90 Å². The maximum Gasteiger partial charge on any atom is 0.228 e. The van der Waals surface area contributed by atoms with Crippen molar-refractivity contribution in [3.63, 3.8) is 0 Å². The van der Waals surface area contributed by atoms with E-state index in [1.807, 2.05) is 39.2 Å². The van der Waals surface area contributed by atoms with E-state index in [0.29, 0.717) is 19.6 Å². The third-order valence-electron chi connectivity index (χ3n) is 4.58. The predicted octanol–water partition coefficient (Wildman–Crippen LogP) is 5.30. The van der Waals surface area contributed by atoms with Gasteiger partial charge in [-0.2, -0.15) is 0 Å². The molecule has 0 bridgehead atoms. The third kappa shape index (κ3) is 6.92.